The maximum Gasteiger partial charge on any atom is 0.0541 e. The van der Waals surface area contributed by atoms with Crippen molar-refractivity contribution in [3.63, 3.8) is 0 Å². The van der Waals surface area contributed by atoms with E-state index in [1.807, 2.05) is 0 Å². The summed E-state index contributed by atoms with van der Waals surface area (Å²) in [6, 6.07) is 72.8. The Labute approximate surface area is 381 Å². The molecule has 4 aromatic heterocycles. The van der Waals surface area contributed by atoms with Crippen LogP contribution in [0.4, 0.5) is 0 Å². The molecule has 0 bridgehead atoms. The third kappa shape index (κ3) is 4.88. The third-order valence-electron chi connectivity index (χ3n) is 14.9. The number of benzene rings is 9. The zero-order valence-corrected chi connectivity index (χ0v) is 36.2. The smallest absolute Gasteiger partial charge is 0.0541 e. The van der Waals surface area contributed by atoms with Gasteiger partial charge in [0, 0.05) is 60.3 Å². The van der Waals surface area contributed by atoms with Crippen LogP contribution in [0.5, 0.6) is 0 Å². The number of hydrogen-bond acceptors (Lipinski definition) is 0. The topological polar surface area (TPSA) is 19.7 Å². The van der Waals surface area contributed by atoms with Crippen molar-refractivity contribution in [1.29, 1.82) is 0 Å². The zero-order valence-electron chi connectivity index (χ0n) is 36.2. The van der Waals surface area contributed by atoms with Crippen molar-refractivity contribution in [1.82, 2.24) is 18.3 Å². The first-order chi connectivity index (χ1) is 32.8. The van der Waals surface area contributed by atoms with Crippen LogP contribution in [0.1, 0.15) is 28.8 Å². The Bertz CT molecular complexity index is 4080. The molecule has 4 heteroatoms. The third-order valence-corrected chi connectivity index (χ3v) is 14.9. The highest BCUT2D eigenvalue weighted by Gasteiger charge is 2.29. The van der Waals surface area contributed by atoms with Gasteiger partial charge in [-0.3, -0.25) is 0 Å². The highest BCUT2D eigenvalue weighted by Crippen LogP contribution is 2.47. The molecule has 13 aromatic rings. The van der Waals surface area contributed by atoms with E-state index < -0.39 is 0 Å². The minimum Gasteiger partial charge on any atom is -0.313 e. The molecule has 0 saturated heterocycles. The lowest BCUT2D eigenvalue weighted by Crippen LogP contribution is -2.14. The quantitative estimate of drug-likeness (QED) is 0.168. The van der Waals surface area contributed by atoms with E-state index in [0.717, 1.165) is 31.4 Å². The number of rotatable bonds is 4. The van der Waals surface area contributed by atoms with Crippen LogP contribution >= 0.6 is 0 Å². The van der Waals surface area contributed by atoms with E-state index in [4.69, 9.17) is 0 Å². The summed E-state index contributed by atoms with van der Waals surface area (Å²) in [6.07, 6.45) is 8.54. The number of nitrogens with zero attached hydrogens (tertiary/aromatic N) is 4. The van der Waals surface area contributed by atoms with Crippen molar-refractivity contribution in [2.45, 2.75) is 25.7 Å². The molecule has 0 radical (unpaired) electrons. The van der Waals surface area contributed by atoms with E-state index in [1.54, 1.807) is 0 Å². The van der Waals surface area contributed by atoms with Crippen LogP contribution in [-0.4, -0.2) is 18.3 Å². The second-order valence-electron chi connectivity index (χ2n) is 18.2. The van der Waals surface area contributed by atoms with E-state index in [1.165, 1.54) is 127 Å². The van der Waals surface area contributed by atoms with Crippen LogP contribution in [-0.2, 0) is 19.3 Å². The van der Waals surface area contributed by atoms with Gasteiger partial charge in [-0.05, 0) is 115 Å². The first-order valence-corrected chi connectivity index (χ1v) is 23.4. The summed E-state index contributed by atoms with van der Waals surface area (Å²) >= 11 is 0. The fourth-order valence-corrected chi connectivity index (χ4v) is 12.2. The van der Waals surface area contributed by atoms with Gasteiger partial charge in [-0.1, -0.05) is 140 Å². The van der Waals surface area contributed by atoms with Crippen molar-refractivity contribution in [2.75, 3.05) is 0 Å². The average Bonchev–Trinajstić information content (AvgIpc) is 4.11. The maximum absolute atomic E-state index is 2.59. The molecule has 2 aliphatic carbocycles. The number of allylic oxidation sites excluding steroid dienone is 1. The standard InChI is InChI=1S/C62H42N4/c1-9-25-53-41(17-1)42-18-2-10-26-54(42)63(53)39-35-51-49(61(37-39)65-57-29-13-5-21-45(57)46-22-6-14-30-58(46)65)33-34-50-52(51)36-40(64-55-27-11-3-19-43(55)44-20-4-12-28-56(44)64)38-62(50)66-59-31-15-7-23-47(59)48-24-8-16-32-60(48)66/h1-11,13-27,29-32,35-38H,12,28,33-34H2. The number of aromatic nitrogens is 4. The largest absolute Gasteiger partial charge is 0.313 e. The summed E-state index contributed by atoms with van der Waals surface area (Å²) in [5.41, 5.74) is 21.5. The van der Waals surface area contributed by atoms with E-state index >= 15 is 0 Å². The zero-order chi connectivity index (χ0) is 43.0. The first-order valence-electron chi connectivity index (χ1n) is 23.4. The van der Waals surface area contributed by atoms with Crippen molar-refractivity contribution < 1.29 is 0 Å². The van der Waals surface area contributed by atoms with Crippen molar-refractivity contribution in [3.8, 4) is 33.9 Å². The van der Waals surface area contributed by atoms with Gasteiger partial charge in [-0.25, -0.2) is 0 Å². The van der Waals surface area contributed by atoms with Gasteiger partial charge in [0.1, 0.15) is 0 Å². The SMILES string of the molecule is C1=Cc2c(n(-c3cc4c(c(-n5c6ccccc6c6ccccc65)c3)CCc3c-4cc(-n4c5ccccc5c5ccccc54)cc3-n3c4ccccc4c4ccccc43)c3ccccc23)CC1. The molecular weight excluding hydrogens is 801 g/mol. The molecule has 0 atom stereocenters. The summed E-state index contributed by atoms with van der Waals surface area (Å²) in [7, 11) is 0. The Morgan fingerprint density at radius 3 is 1.05 bits per heavy atom. The van der Waals surface area contributed by atoms with E-state index in [-0.39, 0.29) is 0 Å². The summed E-state index contributed by atoms with van der Waals surface area (Å²) in [4.78, 5) is 0. The van der Waals surface area contributed by atoms with Crippen LogP contribution in [0.15, 0.2) is 200 Å². The molecule has 0 amide bonds. The Balaban J connectivity index is 1.12. The normalized spacial score (nSPS) is 13.5. The van der Waals surface area contributed by atoms with Gasteiger partial charge in [-0.2, -0.15) is 0 Å². The van der Waals surface area contributed by atoms with Gasteiger partial charge in [0.2, 0.25) is 0 Å². The lowest BCUT2D eigenvalue weighted by Gasteiger charge is -2.29. The highest BCUT2D eigenvalue weighted by molar-refractivity contribution is 6.12. The first kappa shape index (κ1) is 36.0. The van der Waals surface area contributed by atoms with Crippen molar-refractivity contribution in [3.05, 3.63) is 223 Å². The molecule has 4 heterocycles. The molecule has 0 saturated carbocycles. The molecule has 2 aliphatic rings. The molecule has 0 spiro atoms. The molecule has 310 valence electrons. The summed E-state index contributed by atoms with van der Waals surface area (Å²) in [5, 5.41) is 8.93. The molecule has 0 N–H and O–H groups in total. The van der Waals surface area contributed by atoms with Crippen LogP contribution < -0.4 is 0 Å². The Morgan fingerprint density at radius 1 is 0.303 bits per heavy atom. The highest BCUT2D eigenvalue weighted by atomic mass is 15.0. The predicted octanol–water partition coefficient (Wildman–Crippen LogP) is 15.6. The minimum absolute atomic E-state index is 0.905. The predicted molar refractivity (Wildman–Crippen MR) is 276 cm³/mol. The van der Waals surface area contributed by atoms with Gasteiger partial charge in [0.05, 0.1) is 50.0 Å². The van der Waals surface area contributed by atoms with E-state index in [0.29, 0.717) is 0 Å². The molecule has 66 heavy (non-hydrogen) atoms. The molecule has 4 nitrogen and oxygen atoms in total. The van der Waals surface area contributed by atoms with Crippen LogP contribution in [0.3, 0.4) is 0 Å². The molecule has 9 aromatic carbocycles. The van der Waals surface area contributed by atoms with E-state index in [9.17, 15) is 0 Å². The van der Waals surface area contributed by atoms with Gasteiger partial charge >= 0.3 is 0 Å². The molecule has 0 fully saturated rings. The summed E-state index contributed by atoms with van der Waals surface area (Å²) in [5.74, 6) is 0. The fraction of sp³-hybridized carbons (Fsp3) is 0.0645. The molecule has 0 unspecified atom stereocenters. The van der Waals surface area contributed by atoms with Crippen LogP contribution in [0, 0.1) is 0 Å². The van der Waals surface area contributed by atoms with E-state index in [2.05, 4.69) is 225 Å². The number of fused-ring (bicyclic) bond motifs is 15. The van der Waals surface area contributed by atoms with Gasteiger partial charge in [0.15, 0.2) is 0 Å². The molecular formula is C62H42N4. The number of para-hydroxylation sites is 7. The fourth-order valence-electron chi connectivity index (χ4n) is 12.2. The summed E-state index contributed by atoms with van der Waals surface area (Å²) in [6.45, 7) is 0. The molecule has 0 aliphatic heterocycles. The second kappa shape index (κ2) is 13.6. The van der Waals surface area contributed by atoms with Crippen LogP contribution in [0.25, 0.3) is 116 Å². The summed E-state index contributed by atoms with van der Waals surface area (Å²) < 4.78 is 10.2. The lowest BCUT2D eigenvalue weighted by molar-refractivity contribution is 0.880. The monoisotopic (exact) mass is 842 g/mol. The number of hydrogen-bond donors (Lipinski definition) is 0. The maximum atomic E-state index is 2.59. The average molecular weight is 843 g/mol. The minimum atomic E-state index is 0.905. The Kier molecular flexibility index (Phi) is 7.42. The Morgan fingerprint density at radius 2 is 0.636 bits per heavy atom. The lowest BCUT2D eigenvalue weighted by atomic mass is 9.82. The van der Waals surface area contributed by atoms with Gasteiger partial charge in [-0.15, -0.1) is 0 Å². The van der Waals surface area contributed by atoms with Gasteiger partial charge in [0.25, 0.3) is 0 Å². The van der Waals surface area contributed by atoms with Crippen molar-refractivity contribution in [2.24, 2.45) is 0 Å². The second-order valence-corrected chi connectivity index (χ2v) is 18.2. The van der Waals surface area contributed by atoms with Crippen LogP contribution in [0.2, 0.25) is 0 Å². The van der Waals surface area contributed by atoms with Crippen molar-refractivity contribution >= 4 is 82.4 Å². The molecule has 15 rings (SSSR count). The Hall–Kier alpha value is -8.34. The van der Waals surface area contributed by atoms with Gasteiger partial charge < -0.3 is 18.3 Å².